The molecule has 0 radical (unpaired) electrons. The lowest BCUT2D eigenvalue weighted by molar-refractivity contribution is -0.0752. The molecule has 0 aromatic heterocycles. The molecule has 0 bridgehead atoms. The van der Waals surface area contributed by atoms with E-state index in [-0.39, 0.29) is 41.5 Å². The van der Waals surface area contributed by atoms with Crippen LogP contribution in [0.1, 0.15) is 117 Å². The third-order valence-corrected chi connectivity index (χ3v) is 7.41. The van der Waals surface area contributed by atoms with E-state index < -0.39 is 31.3 Å². The second-order valence-electron chi connectivity index (χ2n) is 14.8. The van der Waals surface area contributed by atoms with Crippen LogP contribution in [0.25, 0.3) is 0 Å². The van der Waals surface area contributed by atoms with Crippen molar-refractivity contribution in [1.29, 1.82) is 0 Å². The van der Waals surface area contributed by atoms with E-state index in [9.17, 15) is 15.3 Å². The molecule has 0 heterocycles. The molecule has 0 aliphatic rings. The van der Waals surface area contributed by atoms with E-state index >= 15 is 0 Å². The first-order valence-electron chi connectivity index (χ1n) is 13.5. The Balaban J connectivity index is 0.00000722. The summed E-state index contributed by atoms with van der Waals surface area (Å²) >= 11 is 0. The van der Waals surface area contributed by atoms with Crippen molar-refractivity contribution < 1.29 is 20.1 Å². The van der Waals surface area contributed by atoms with Gasteiger partial charge in [-0.3, -0.25) is 0 Å². The second-order valence-corrected chi connectivity index (χ2v) is 14.8. The first-order valence-corrected chi connectivity index (χ1v) is 13.5. The average molecular weight is 581 g/mol. The van der Waals surface area contributed by atoms with E-state index in [1.165, 1.54) is 11.1 Å². The van der Waals surface area contributed by atoms with Crippen LogP contribution in [0, 0.1) is 5.41 Å². The van der Waals surface area contributed by atoms with Crippen LogP contribution in [0.5, 0.6) is 5.75 Å². The lowest BCUT2D eigenvalue weighted by Crippen LogP contribution is -2.43. The summed E-state index contributed by atoms with van der Waals surface area (Å²) in [6.45, 7) is 24.9. The third kappa shape index (κ3) is 8.73. The minimum Gasteiger partial charge on any atom is -0.485 e. The van der Waals surface area contributed by atoms with Crippen LogP contribution in [-0.2, 0) is 21.7 Å². The molecule has 0 saturated carbocycles. The van der Waals surface area contributed by atoms with E-state index in [2.05, 4.69) is 113 Å². The first kappa shape index (κ1) is 38.0. The molecule has 3 atom stereocenters. The molecule has 3 unspecified atom stereocenters. The summed E-state index contributed by atoms with van der Waals surface area (Å²) in [6, 6.07) is 12.7. The Bertz CT molecular complexity index is 1050. The molecule has 224 valence electrons. The van der Waals surface area contributed by atoms with Crippen LogP contribution >= 0.6 is 19.8 Å². The zero-order valence-electron chi connectivity index (χ0n) is 26.8. The molecule has 2 aromatic rings. The number of benzene rings is 2. The van der Waals surface area contributed by atoms with Gasteiger partial charge in [-0.2, -0.15) is 19.8 Å². The highest BCUT2D eigenvalue weighted by atomic mass is 31.0. The summed E-state index contributed by atoms with van der Waals surface area (Å²) in [6.07, 6.45) is -0.766. The predicted octanol–water partition coefficient (Wildman–Crippen LogP) is 7.08. The van der Waals surface area contributed by atoms with Crippen molar-refractivity contribution in [2.24, 2.45) is 5.41 Å². The van der Waals surface area contributed by atoms with Gasteiger partial charge in [0, 0.05) is 0 Å². The van der Waals surface area contributed by atoms with Crippen LogP contribution in [0.15, 0.2) is 36.4 Å². The Morgan fingerprint density at radius 1 is 0.564 bits per heavy atom. The van der Waals surface area contributed by atoms with Gasteiger partial charge in [0.25, 0.3) is 0 Å². The zero-order valence-corrected chi connectivity index (χ0v) is 29.7. The fourth-order valence-corrected chi connectivity index (χ4v) is 4.63. The number of rotatable bonds is 7. The highest BCUT2D eigenvalue weighted by Gasteiger charge is 2.43. The summed E-state index contributed by atoms with van der Waals surface area (Å²) in [5.74, 6) is 0.699. The zero-order chi connectivity index (χ0) is 28.6. The van der Waals surface area contributed by atoms with Gasteiger partial charge < -0.3 is 20.1 Å². The van der Waals surface area contributed by atoms with Crippen molar-refractivity contribution in [2.45, 2.75) is 111 Å². The van der Waals surface area contributed by atoms with Gasteiger partial charge in [0.15, 0.2) is 0 Å². The van der Waals surface area contributed by atoms with E-state index in [1.54, 1.807) is 0 Å². The molecule has 2 aromatic carbocycles. The molecule has 2 rings (SSSR count). The Kier molecular flexibility index (Phi) is 13.0. The van der Waals surface area contributed by atoms with Gasteiger partial charge >= 0.3 is 0 Å². The molecule has 0 saturated heterocycles. The summed E-state index contributed by atoms with van der Waals surface area (Å²) < 4.78 is 6.85. The monoisotopic (exact) mass is 580 g/mol. The van der Waals surface area contributed by atoms with Crippen LogP contribution in [0.3, 0.4) is 0 Å². The Labute approximate surface area is 245 Å². The quantitative estimate of drug-likeness (QED) is 0.306. The minimum absolute atomic E-state index is 0. The van der Waals surface area contributed by atoms with Gasteiger partial charge in [0.1, 0.15) is 11.9 Å². The summed E-state index contributed by atoms with van der Waals surface area (Å²) in [5, 5.41) is 31.6. The molecule has 0 aliphatic heterocycles. The smallest absolute Gasteiger partial charge is 0.136 e. The second kappa shape index (κ2) is 13.3. The molecule has 39 heavy (non-hydrogen) atoms. The molecular formula is C33H58O4P2. The number of aliphatic hydroxyl groups excluding tert-OH is 3. The first-order chi connectivity index (χ1) is 16.7. The molecule has 0 spiro atoms. The Hall–Kier alpha value is -1.02. The number of ether oxygens (including phenoxy) is 1. The van der Waals surface area contributed by atoms with Gasteiger partial charge in [0.2, 0.25) is 0 Å². The van der Waals surface area contributed by atoms with Crippen molar-refractivity contribution in [3.05, 3.63) is 64.2 Å². The molecule has 3 N–H and O–H groups in total. The van der Waals surface area contributed by atoms with Gasteiger partial charge in [-0.05, 0) is 55.5 Å². The Morgan fingerprint density at radius 2 is 0.949 bits per heavy atom. The van der Waals surface area contributed by atoms with Crippen molar-refractivity contribution in [1.82, 2.24) is 0 Å². The predicted molar refractivity (Wildman–Crippen MR) is 177 cm³/mol. The van der Waals surface area contributed by atoms with Gasteiger partial charge in [-0.15, -0.1) is 0 Å². The topological polar surface area (TPSA) is 69.9 Å². The molecule has 6 heteroatoms. The van der Waals surface area contributed by atoms with Crippen molar-refractivity contribution in [3.8, 4) is 5.75 Å². The molecule has 0 amide bonds. The molecular weight excluding hydrogens is 522 g/mol. The summed E-state index contributed by atoms with van der Waals surface area (Å²) in [7, 11) is 0. The van der Waals surface area contributed by atoms with Gasteiger partial charge in [-0.25, -0.2) is 0 Å². The average Bonchev–Trinajstić information content (AvgIpc) is 2.77. The molecule has 4 nitrogen and oxygen atoms in total. The summed E-state index contributed by atoms with van der Waals surface area (Å²) in [5.41, 5.74) is 3.64. The number of aliphatic hydroxyl groups is 3. The van der Waals surface area contributed by atoms with Crippen molar-refractivity contribution in [3.63, 3.8) is 0 Å². The third-order valence-electron chi connectivity index (χ3n) is 7.41. The maximum atomic E-state index is 10.5. The van der Waals surface area contributed by atoms with Crippen LogP contribution in [0.4, 0.5) is 0 Å². The Morgan fingerprint density at radius 3 is 1.31 bits per heavy atom. The van der Waals surface area contributed by atoms with Crippen molar-refractivity contribution >= 4 is 19.8 Å². The number of hydrogen-bond donors (Lipinski definition) is 3. The van der Waals surface area contributed by atoms with E-state index in [0.29, 0.717) is 5.75 Å². The lowest BCUT2D eigenvalue weighted by Gasteiger charge is -2.40. The van der Waals surface area contributed by atoms with Gasteiger partial charge in [-0.1, -0.05) is 113 Å². The minimum atomic E-state index is -1.28. The number of hydrogen-bond acceptors (Lipinski definition) is 4. The fourth-order valence-electron chi connectivity index (χ4n) is 4.63. The van der Waals surface area contributed by atoms with Gasteiger partial charge in [0.05, 0.1) is 25.2 Å². The van der Waals surface area contributed by atoms with E-state index in [4.69, 9.17) is 4.74 Å². The van der Waals surface area contributed by atoms with Crippen LogP contribution < -0.4 is 4.74 Å². The van der Waals surface area contributed by atoms with Crippen LogP contribution in [-0.4, -0.2) is 35.1 Å². The summed E-state index contributed by atoms with van der Waals surface area (Å²) in [4.78, 5) is 0. The lowest BCUT2D eigenvalue weighted by atomic mass is 9.72. The van der Waals surface area contributed by atoms with Crippen molar-refractivity contribution in [2.75, 3.05) is 19.8 Å². The van der Waals surface area contributed by atoms with Crippen LogP contribution in [0.2, 0.25) is 0 Å². The maximum Gasteiger partial charge on any atom is 0.136 e. The van der Waals surface area contributed by atoms with E-state index in [1.807, 2.05) is 6.07 Å². The standard InChI is InChI=1S/C33H52O4.2H3P/c1-29(2,3)22-13-15-24(25(17-22)31(7,8)9)28(33(19-34,20-35)21-36)37-27-16-14-23(30(4,5)6)18-26(27)32(10,11)12;;/h13-18,28,34-36H,19-21H2,1-12H3;2*1H3. The highest BCUT2D eigenvalue weighted by molar-refractivity contribution is 6.92. The largest absolute Gasteiger partial charge is 0.485 e. The molecule has 0 fully saturated rings. The SMILES string of the molecule is CC(C)(C)c1ccc(OC(c2ccc(C(C)(C)C)cc2C(C)(C)C)C(CO)(CO)CO)c(C(C)(C)C)c1.P.P. The normalized spacial score (nSPS) is 13.8. The maximum absolute atomic E-state index is 10.5. The fraction of sp³-hybridized carbons (Fsp3) is 0.636. The molecule has 0 aliphatic carbocycles. The highest BCUT2D eigenvalue weighted by Crippen LogP contribution is 2.45. The van der Waals surface area contributed by atoms with E-state index in [0.717, 1.165) is 16.7 Å².